The van der Waals surface area contributed by atoms with Gasteiger partial charge in [-0.2, -0.15) is 0 Å². The van der Waals surface area contributed by atoms with Crippen molar-refractivity contribution >= 4 is 17.3 Å². The molecular weight excluding hydrogens is 284 g/mol. The van der Waals surface area contributed by atoms with Crippen LogP contribution in [0.5, 0.6) is 0 Å². The maximum atomic E-state index is 11.6. The molecule has 1 N–H and O–H groups in total. The molecule has 2 aromatic rings. The zero-order valence-corrected chi connectivity index (χ0v) is 12.3. The second kappa shape index (κ2) is 6.66. The van der Waals surface area contributed by atoms with E-state index >= 15 is 0 Å². The second-order valence-electron chi connectivity index (χ2n) is 4.76. The van der Waals surface area contributed by atoms with Gasteiger partial charge in [0, 0.05) is 44.7 Å². The third-order valence-corrected chi connectivity index (χ3v) is 3.22. The van der Waals surface area contributed by atoms with E-state index in [1.54, 1.807) is 36.5 Å². The minimum absolute atomic E-state index is 0.104. The third kappa shape index (κ3) is 3.38. The van der Waals surface area contributed by atoms with E-state index in [1.807, 2.05) is 12.1 Å². The number of aromatic nitrogens is 1. The van der Waals surface area contributed by atoms with Gasteiger partial charge in [-0.05, 0) is 23.8 Å². The maximum absolute atomic E-state index is 11.6. The molecule has 0 radical (unpaired) electrons. The van der Waals surface area contributed by atoms with E-state index < -0.39 is 4.92 Å². The van der Waals surface area contributed by atoms with Crippen molar-refractivity contribution in [3.05, 3.63) is 64.0 Å². The van der Waals surface area contributed by atoms with Crippen LogP contribution in [0.3, 0.4) is 0 Å². The van der Waals surface area contributed by atoms with Crippen molar-refractivity contribution in [2.24, 2.45) is 0 Å². The number of benzene rings is 1. The molecule has 0 bridgehead atoms. The number of carbonyl (C=O) groups excluding carboxylic acids is 1. The standard InChI is InChI=1S/C15H16N4O3/c1-16-15(20)12-5-6-13(14(8-12)19(21)22)18(2)10-11-4-3-7-17-9-11/h3-9H,10H2,1-2H3,(H,16,20). The van der Waals surface area contributed by atoms with Crippen molar-refractivity contribution in [1.29, 1.82) is 0 Å². The highest BCUT2D eigenvalue weighted by Gasteiger charge is 2.20. The molecule has 0 aliphatic heterocycles. The molecule has 0 spiro atoms. The number of nitrogens with one attached hydrogen (secondary N) is 1. The van der Waals surface area contributed by atoms with Gasteiger partial charge >= 0.3 is 0 Å². The van der Waals surface area contributed by atoms with Crippen molar-refractivity contribution < 1.29 is 9.72 Å². The number of nitro benzene ring substituents is 1. The molecule has 0 aliphatic carbocycles. The van der Waals surface area contributed by atoms with Gasteiger partial charge in [-0.15, -0.1) is 0 Å². The number of pyridine rings is 1. The Kier molecular flexibility index (Phi) is 4.67. The van der Waals surface area contributed by atoms with Crippen molar-refractivity contribution in [3.8, 4) is 0 Å². The first-order chi connectivity index (χ1) is 10.5. The Bertz CT molecular complexity index is 688. The summed E-state index contributed by atoms with van der Waals surface area (Å²) in [5.41, 5.74) is 1.54. The van der Waals surface area contributed by atoms with Crippen LogP contribution in [-0.4, -0.2) is 29.9 Å². The van der Waals surface area contributed by atoms with Gasteiger partial charge in [-0.1, -0.05) is 6.07 Å². The first-order valence-electron chi connectivity index (χ1n) is 6.63. The molecule has 1 aromatic heterocycles. The Hall–Kier alpha value is -2.96. The van der Waals surface area contributed by atoms with Crippen LogP contribution in [0.25, 0.3) is 0 Å². The van der Waals surface area contributed by atoms with E-state index in [1.165, 1.54) is 13.1 Å². The average molecular weight is 300 g/mol. The van der Waals surface area contributed by atoms with Crippen LogP contribution in [0.1, 0.15) is 15.9 Å². The fraction of sp³-hybridized carbons (Fsp3) is 0.200. The maximum Gasteiger partial charge on any atom is 0.293 e. The number of nitro groups is 1. The van der Waals surface area contributed by atoms with E-state index in [4.69, 9.17) is 0 Å². The van der Waals surface area contributed by atoms with Gasteiger partial charge in [-0.25, -0.2) is 0 Å². The predicted octanol–water partition coefficient (Wildman–Crippen LogP) is 1.99. The fourth-order valence-corrected chi connectivity index (χ4v) is 2.13. The third-order valence-electron chi connectivity index (χ3n) is 3.22. The number of hydrogen-bond donors (Lipinski definition) is 1. The normalized spacial score (nSPS) is 10.1. The number of amides is 1. The molecule has 0 aliphatic rings. The zero-order valence-electron chi connectivity index (χ0n) is 12.3. The van der Waals surface area contributed by atoms with Crippen molar-refractivity contribution in [3.63, 3.8) is 0 Å². The van der Waals surface area contributed by atoms with Crippen LogP contribution in [0.4, 0.5) is 11.4 Å². The Morgan fingerprint density at radius 1 is 1.41 bits per heavy atom. The molecular formula is C15H16N4O3. The Labute approximate surface area is 127 Å². The van der Waals surface area contributed by atoms with Gasteiger partial charge in [0.2, 0.25) is 0 Å². The van der Waals surface area contributed by atoms with E-state index in [-0.39, 0.29) is 17.2 Å². The summed E-state index contributed by atoms with van der Waals surface area (Å²) in [6.45, 7) is 0.480. The molecule has 1 amide bonds. The summed E-state index contributed by atoms with van der Waals surface area (Å²) in [6, 6.07) is 8.15. The summed E-state index contributed by atoms with van der Waals surface area (Å²) in [6.07, 6.45) is 3.38. The summed E-state index contributed by atoms with van der Waals surface area (Å²) < 4.78 is 0. The summed E-state index contributed by atoms with van der Waals surface area (Å²) in [5, 5.41) is 13.7. The van der Waals surface area contributed by atoms with Gasteiger partial charge in [-0.3, -0.25) is 19.9 Å². The first-order valence-corrected chi connectivity index (χ1v) is 6.63. The average Bonchev–Trinajstić information content (AvgIpc) is 2.54. The van der Waals surface area contributed by atoms with Gasteiger partial charge < -0.3 is 10.2 Å². The minimum atomic E-state index is -0.485. The molecule has 7 nitrogen and oxygen atoms in total. The van der Waals surface area contributed by atoms with Crippen molar-refractivity contribution in [2.45, 2.75) is 6.54 Å². The summed E-state index contributed by atoms with van der Waals surface area (Å²) >= 11 is 0. The lowest BCUT2D eigenvalue weighted by Crippen LogP contribution is -2.20. The molecule has 1 aromatic carbocycles. The fourth-order valence-electron chi connectivity index (χ4n) is 2.13. The van der Waals surface area contributed by atoms with Gasteiger partial charge in [0.15, 0.2) is 0 Å². The largest absolute Gasteiger partial charge is 0.365 e. The lowest BCUT2D eigenvalue weighted by atomic mass is 10.1. The molecule has 0 atom stereocenters. The number of hydrogen-bond acceptors (Lipinski definition) is 5. The van der Waals surface area contributed by atoms with E-state index in [0.29, 0.717) is 12.2 Å². The quantitative estimate of drug-likeness (QED) is 0.674. The lowest BCUT2D eigenvalue weighted by molar-refractivity contribution is -0.384. The molecule has 0 unspecified atom stereocenters. The number of anilines is 1. The van der Waals surface area contributed by atoms with Crippen LogP contribution in [0.2, 0.25) is 0 Å². The van der Waals surface area contributed by atoms with Crippen molar-refractivity contribution in [1.82, 2.24) is 10.3 Å². The predicted molar refractivity (Wildman–Crippen MR) is 82.8 cm³/mol. The number of carbonyl (C=O) groups is 1. The molecule has 2 rings (SSSR count). The zero-order chi connectivity index (χ0) is 16.1. The van der Waals surface area contributed by atoms with Gasteiger partial charge in [0.25, 0.3) is 11.6 Å². The van der Waals surface area contributed by atoms with Gasteiger partial charge in [0.05, 0.1) is 4.92 Å². The second-order valence-corrected chi connectivity index (χ2v) is 4.76. The molecule has 1 heterocycles. The summed E-state index contributed by atoms with van der Waals surface area (Å²) in [4.78, 5) is 28.2. The van der Waals surface area contributed by atoms with Crippen molar-refractivity contribution in [2.75, 3.05) is 19.0 Å². The number of rotatable bonds is 5. The Morgan fingerprint density at radius 2 is 2.18 bits per heavy atom. The van der Waals surface area contributed by atoms with E-state index in [2.05, 4.69) is 10.3 Å². The topological polar surface area (TPSA) is 88.4 Å². The molecule has 0 saturated carbocycles. The highest BCUT2D eigenvalue weighted by Crippen LogP contribution is 2.29. The molecule has 7 heteroatoms. The van der Waals surface area contributed by atoms with E-state index in [0.717, 1.165) is 5.56 Å². The number of nitrogens with zero attached hydrogens (tertiary/aromatic N) is 3. The Balaban J connectivity index is 2.33. The Morgan fingerprint density at radius 3 is 2.77 bits per heavy atom. The lowest BCUT2D eigenvalue weighted by Gasteiger charge is -2.19. The van der Waals surface area contributed by atoms with Crippen LogP contribution in [0.15, 0.2) is 42.7 Å². The molecule has 22 heavy (non-hydrogen) atoms. The first kappa shape index (κ1) is 15.4. The van der Waals surface area contributed by atoms with Crippen LogP contribution in [-0.2, 0) is 6.54 Å². The van der Waals surface area contributed by atoms with Crippen LogP contribution in [0, 0.1) is 10.1 Å². The highest BCUT2D eigenvalue weighted by molar-refractivity contribution is 5.95. The monoisotopic (exact) mass is 300 g/mol. The SMILES string of the molecule is CNC(=O)c1ccc(N(C)Cc2cccnc2)c([N+](=O)[O-])c1. The van der Waals surface area contributed by atoms with Crippen LogP contribution >= 0.6 is 0 Å². The highest BCUT2D eigenvalue weighted by atomic mass is 16.6. The summed E-state index contributed by atoms with van der Waals surface area (Å²) in [5.74, 6) is -0.357. The van der Waals surface area contributed by atoms with Crippen LogP contribution < -0.4 is 10.2 Å². The minimum Gasteiger partial charge on any atom is -0.365 e. The molecule has 0 saturated heterocycles. The van der Waals surface area contributed by atoms with Gasteiger partial charge in [0.1, 0.15) is 5.69 Å². The van der Waals surface area contributed by atoms with E-state index in [9.17, 15) is 14.9 Å². The molecule has 0 fully saturated rings. The smallest absolute Gasteiger partial charge is 0.293 e. The summed E-state index contributed by atoms with van der Waals surface area (Å²) in [7, 11) is 3.24. The molecule has 114 valence electrons.